The fraction of sp³-hybridized carbons (Fsp3) is 0.304. The molecule has 4 rings (SSSR count). The molecule has 1 fully saturated rings. The highest BCUT2D eigenvalue weighted by Crippen LogP contribution is 2.31. The summed E-state index contributed by atoms with van der Waals surface area (Å²) in [5, 5.41) is 7.35. The summed E-state index contributed by atoms with van der Waals surface area (Å²) in [7, 11) is 0. The molecule has 2 heterocycles. The van der Waals surface area contributed by atoms with E-state index in [1.165, 1.54) is 30.3 Å². The fourth-order valence-corrected chi connectivity index (χ4v) is 3.64. The maximum absolute atomic E-state index is 13.6. The summed E-state index contributed by atoms with van der Waals surface area (Å²) in [6, 6.07) is 13.6. The van der Waals surface area contributed by atoms with Crippen molar-refractivity contribution in [1.29, 1.82) is 0 Å². The Balaban J connectivity index is 1.31. The Kier molecular flexibility index (Phi) is 6.45. The van der Waals surface area contributed by atoms with Crippen LogP contribution in [0, 0.1) is 11.6 Å². The SMILES string of the molecule is O=C(COc1ccc(F)cc1)N1CCC[C@H]1c1cc(CCOc2ccccc2F)[nH]n1. The average molecular weight is 427 g/mol. The monoisotopic (exact) mass is 427 g/mol. The quantitative estimate of drug-likeness (QED) is 0.589. The number of aromatic nitrogens is 2. The Bertz CT molecular complexity index is 1020. The van der Waals surface area contributed by atoms with E-state index in [0.29, 0.717) is 25.3 Å². The molecular formula is C23H23F2N3O3. The number of nitrogens with zero attached hydrogens (tertiary/aromatic N) is 2. The van der Waals surface area contributed by atoms with Crippen LogP contribution < -0.4 is 9.47 Å². The van der Waals surface area contributed by atoms with Gasteiger partial charge in [0.2, 0.25) is 0 Å². The molecule has 0 saturated carbocycles. The molecule has 0 unspecified atom stereocenters. The number of H-pyrrole nitrogens is 1. The number of halogens is 2. The van der Waals surface area contributed by atoms with E-state index in [9.17, 15) is 13.6 Å². The van der Waals surface area contributed by atoms with Gasteiger partial charge < -0.3 is 14.4 Å². The Morgan fingerprint density at radius 2 is 1.94 bits per heavy atom. The number of ether oxygens (including phenoxy) is 2. The van der Waals surface area contributed by atoms with Gasteiger partial charge in [-0.25, -0.2) is 8.78 Å². The summed E-state index contributed by atoms with van der Waals surface area (Å²) in [6.45, 7) is 0.826. The van der Waals surface area contributed by atoms with Crippen molar-refractivity contribution in [1.82, 2.24) is 15.1 Å². The predicted molar refractivity (Wildman–Crippen MR) is 110 cm³/mol. The number of nitrogens with one attached hydrogen (secondary N) is 1. The largest absolute Gasteiger partial charge is 0.490 e. The van der Waals surface area contributed by atoms with Gasteiger partial charge in [-0.1, -0.05) is 12.1 Å². The molecule has 1 saturated heterocycles. The molecule has 1 aromatic heterocycles. The zero-order chi connectivity index (χ0) is 21.6. The summed E-state index contributed by atoms with van der Waals surface area (Å²) in [4.78, 5) is 14.4. The van der Waals surface area contributed by atoms with E-state index in [2.05, 4.69) is 10.2 Å². The lowest BCUT2D eigenvalue weighted by Gasteiger charge is -2.23. The number of hydrogen-bond acceptors (Lipinski definition) is 4. The molecule has 1 amide bonds. The number of carbonyl (C=O) groups excluding carboxylic acids is 1. The summed E-state index contributed by atoms with van der Waals surface area (Å²) in [5.41, 5.74) is 1.64. The molecule has 1 N–H and O–H groups in total. The first-order valence-corrected chi connectivity index (χ1v) is 10.2. The number of hydrogen-bond donors (Lipinski definition) is 1. The standard InChI is InChI=1S/C23H23F2N3O3/c24-16-7-9-18(10-8-16)31-15-23(29)28-12-3-5-21(28)20-14-17(26-27-20)11-13-30-22-6-2-1-4-19(22)25/h1-2,4,6-10,14,21H,3,5,11-13,15H2,(H,26,27)/t21-/m0/s1. The maximum atomic E-state index is 13.6. The van der Waals surface area contributed by atoms with Crippen molar-refractivity contribution in [3.8, 4) is 11.5 Å². The second-order valence-corrected chi connectivity index (χ2v) is 7.33. The van der Waals surface area contributed by atoms with Crippen LogP contribution >= 0.6 is 0 Å². The highest BCUT2D eigenvalue weighted by atomic mass is 19.1. The van der Waals surface area contributed by atoms with Crippen LogP contribution in [-0.4, -0.2) is 40.8 Å². The third-order valence-electron chi connectivity index (χ3n) is 5.21. The molecule has 8 heteroatoms. The van der Waals surface area contributed by atoms with Gasteiger partial charge in [0.05, 0.1) is 18.3 Å². The molecule has 6 nitrogen and oxygen atoms in total. The highest BCUT2D eigenvalue weighted by Gasteiger charge is 2.31. The van der Waals surface area contributed by atoms with Crippen molar-refractivity contribution in [3.05, 3.63) is 77.6 Å². The third-order valence-corrected chi connectivity index (χ3v) is 5.21. The van der Waals surface area contributed by atoms with Gasteiger partial charge >= 0.3 is 0 Å². The fourth-order valence-electron chi connectivity index (χ4n) is 3.64. The minimum absolute atomic E-state index is 0.115. The second-order valence-electron chi connectivity index (χ2n) is 7.33. The number of aromatic amines is 1. The number of para-hydroxylation sites is 1. The van der Waals surface area contributed by atoms with Crippen LogP contribution in [0.5, 0.6) is 11.5 Å². The van der Waals surface area contributed by atoms with E-state index in [1.807, 2.05) is 6.07 Å². The van der Waals surface area contributed by atoms with Crippen LogP contribution in [-0.2, 0) is 11.2 Å². The lowest BCUT2D eigenvalue weighted by molar-refractivity contribution is -0.134. The summed E-state index contributed by atoms with van der Waals surface area (Å²) in [5.74, 6) is -0.222. The molecule has 2 aromatic carbocycles. The molecule has 0 bridgehead atoms. The van der Waals surface area contributed by atoms with Crippen LogP contribution in [0.1, 0.15) is 30.3 Å². The van der Waals surface area contributed by atoms with Gasteiger partial charge in [-0.3, -0.25) is 9.89 Å². The van der Waals surface area contributed by atoms with Crippen molar-refractivity contribution in [3.63, 3.8) is 0 Å². The van der Waals surface area contributed by atoms with Crippen molar-refractivity contribution < 1.29 is 23.0 Å². The zero-order valence-corrected chi connectivity index (χ0v) is 16.9. The Hall–Kier alpha value is -3.42. The number of likely N-dealkylation sites (tertiary alicyclic amines) is 1. The number of benzene rings is 2. The lowest BCUT2D eigenvalue weighted by Crippen LogP contribution is -2.34. The molecule has 31 heavy (non-hydrogen) atoms. The van der Waals surface area contributed by atoms with Crippen molar-refractivity contribution >= 4 is 5.91 Å². The molecule has 0 aliphatic carbocycles. The number of rotatable bonds is 8. The second kappa shape index (κ2) is 9.59. The first kappa shape index (κ1) is 20.8. The van der Waals surface area contributed by atoms with E-state index in [0.717, 1.165) is 24.2 Å². The zero-order valence-electron chi connectivity index (χ0n) is 16.9. The number of carbonyl (C=O) groups is 1. The molecule has 3 aromatic rings. The van der Waals surface area contributed by atoms with Crippen LogP contribution in [0.25, 0.3) is 0 Å². The topological polar surface area (TPSA) is 67.4 Å². The normalized spacial score (nSPS) is 15.8. The molecule has 162 valence electrons. The van der Waals surface area contributed by atoms with Crippen molar-refractivity contribution in [2.75, 3.05) is 19.8 Å². The molecule has 1 atom stereocenters. The molecular weight excluding hydrogens is 404 g/mol. The van der Waals surface area contributed by atoms with Crippen molar-refractivity contribution in [2.45, 2.75) is 25.3 Å². The minimum Gasteiger partial charge on any atom is -0.490 e. The van der Waals surface area contributed by atoms with Gasteiger partial charge in [0, 0.05) is 18.7 Å². The van der Waals surface area contributed by atoms with Gasteiger partial charge in [-0.15, -0.1) is 0 Å². The minimum atomic E-state index is -0.393. The van der Waals surface area contributed by atoms with Gasteiger partial charge in [-0.2, -0.15) is 5.10 Å². The average Bonchev–Trinajstić information content (AvgIpc) is 3.44. The summed E-state index contributed by atoms with van der Waals surface area (Å²) >= 11 is 0. The molecule has 0 radical (unpaired) electrons. The molecule has 1 aliphatic heterocycles. The molecule has 1 aliphatic rings. The van der Waals surface area contributed by atoms with E-state index in [-0.39, 0.29) is 30.1 Å². The van der Waals surface area contributed by atoms with E-state index >= 15 is 0 Å². The number of amides is 1. The predicted octanol–water partition coefficient (Wildman–Crippen LogP) is 4.05. The maximum Gasteiger partial charge on any atom is 0.261 e. The van der Waals surface area contributed by atoms with Crippen LogP contribution in [0.4, 0.5) is 8.78 Å². The van der Waals surface area contributed by atoms with Crippen LogP contribution in [0.3, 0.4) is 0 Å². The van der Waals surface area contributed by atoms with Crippen molar-refractivity contribution in [2.24, 2.45) is 0 Å². The van der Waals surface area contributed by atoms with Gasteiger partial charge in [0.15, 0.2) is 18.2 Å². The van der Waals surface area contributed by atoms with Crippen LogP contribution in [0.2, 0.25) is 0 Å². The van der Waals surface area contributed by atoms with E-state index < -0.39 is 5.82 Å². The Labute approximate surface area is 178 Å². The molecule has 0 spiro atoms. The first-order valence-electron chi connectivity index (χ1n) is 10.2. The van der Waals surface area contributed by atoms with Gasteiger partial charge in [-0.05, 0) is 55.3 Å². The van der Waals surface area contributed by atoms with E-state index in [1.54, 1.807) is 23.1 Å². The van der Waals surface area contributed by atoms with Gasteiger partial charge in [0.25, 0.3) is 5.91 Å². The smallest absolute Gasteiger partial charge is 0.261 e. The van der Waals surface area contributed by atoms with Gasteiger partial charge in [0.1, 0.15) is 11.6 Å². The Morgan fingerprint density at radius 3 is 2.74 bits per heavy atom. The lowest BCUT2D eigenvalue weighted by atomic mass is 10.1. The summed E-state index contributed by atoms with van der Waals surface area (Å²) in [6.07, 6.45) is 2.24. The van der Waals surface area contributed by atoms with Crippen LogP contribution in [0.15, 0.2) is 54.6 Å². The summed E-state index contributed by atoms with van der Waals surface area (Å²) < 4.78 is 37.6. The third kappa shape index (κ3) is 5.20. The first-order chi connectivity index (χ1) is 15.1. The van der Waals surface area contributed by atoms with E-state index in [4.69, 9.17) is 9.47 Å². The highest BCUT2D eigenvalue weighted by molar-refractivity contribution is 5.78. The Morgan fingerprint density at radius 1 is 1.13 bits per heavy atom.